The Labute approximate surface area is 262 Å². The molecule has 0 radical (unpaired) electrons. The van der Waals surface area contributed by atoms with Gasteiger partial charge in [-0.2, -0.15) is 0 Å². The van der Waals surface area contributed by atoms with Gasteiger partial charge in [-0.3, -0.25) is 4.79 Å². The van der Waals surface area contributed by atoms with Gasteiger partial charge in [-0.15, -0.1) is 0 Å². The fraction of sp³-hybridized carbons (Fsp3) is 0.629. The Morgan fingerprint density at radius 3 is 2.07 bits per heavy atom. The molecule has 2 aromatic carbocycles. The number of nitrogens with one attached hydrogen (secondary N) is 3. The first kappa shape index (κ1) is 36.0. The van der Waals surface area contributed by atoms with Gasteiger partial charge in [0, 0.05) is 63.2 Å². The van der Waals surface area contributed by atoms with Crippen molar-refractivity contribution >= 4 is 5.91 Å². The van der Waals surface area contributed by atoms with Crippen LogP contribution in [-0.2, 0) is 20.7 Å². The molecule has 2 fully saturated rings. The lowest BCUT2D eigenvalue weighted by molar-refractivity contribution is -0.119. The molecule has 0 saturated carbocycles. The number of piperidine rings is 2. The molecule has 4 rings (SSSR count). The molecular weight excluding hydrogens is 564 g/mol. The quantitative estimate of drug-likeness (QED) is 0.201. The van der Waals surface area contributed by atoms with Crippen molar-refractivity contribution in [3.8, 4) is 0 Å². The van der Waals surface area contributed by atoms with Gasteiger partial charge < -0.3 is 30.9 Å². The van der Waals surface area contributed by atoms with Gasteiger partial charge >= 0.3 is 0 Å². The van der Waals surface area contributed by atoms with Crippen molar-refractivity contribution in [3.63, 3.8) is 0 Å². The predicted octanol–water partition coefficient (Wildman–Crippen LogP) is 5.07. The van der Waals surface area contributed by atoms with E-state index < -0.39 is 11.2 Å². The SMILES string of the molecule is CC(=O)NCCC[C@@](O)(c1ccccc1F)[C@@H]1CCCNC1.COCCCC[C@@](O)(c1cccc(C)c1F)[C@@H]1CCCNC1. The van der Waals surface area contributed by atoms with Gasteiger partial charge in [0.05, 0.1) is 11.2 Å². The molecule has 44 heavy (non-hydrogen) atoms. The maximum Gasteiger partial charge on any atom is 0.216 e. The van der Waals surface area contributed by atoms with E-state index in [1.54, 1.807) is 44.4 Å². The van der Waals surface area contributed by atoms with E-state index in [1.165, 1.54) is 13.0 Å². The molecule has 9 heteroatoms. The molecule has 0 aliphatic carbocycles. The minimum absolute atomic E-state index is 0.0181. The zero-order valence-corrected chi connectivity index (χ0v) is 26.8. The summed E-state index contributed by atoms with van der Waals surface area (Å²) in [6, 6.07) is 11.8. The molecule has 7 nitrogen and oxygen atoms in total. The van der Waals surface area contributed by atoms with Crippen molar-refractivity contribution in [1.29, 1.82) is 0 Å². The second kappa shape index (κ2) is 17.9. The average molecular weight is 618 g/mol. The summed E-state index contributed by atoms with van der Waals surface area (Å²) in [5.74, 6) is -0.679. The molecule has 0 aromatic heterocycles. The number of rotatable bonds is 13. The highest BCUT2D eigenvalue weighted by molar-refractivity contribution is 5.72. The molecule has 2 saturated heterocycles. The summed E-state index contributed by atoms with van der Waals surface area (Å²) in [5.41, 5.74) is -0.879. The van der Waals surface area contributed by atoms with Crippen LogP contribution in [0, 0.1) is 30.4 Å². The number of hydrogen-bond donors (Lipinski definition) is 5. The average Bonchev–Trinajstić information content (AvgIpc) is 3.04. The van der Waals surface area contributed by atoms with Gasteiger partial charge in [0.25, 0.3) is 0 Å². The number of unbranched alkanes of at least 4 members (excludes halogenated alkanes) is 1. The van der Waals surface area contributed by atoms with Crippen LogP contribution in [0.5, 0.6) is 0 Å². The standard InChI is InChI=1S/C18H28FNO2.C17H25FN2O2/c1-14-7-5-9-16(17(14)19)18(21,10-3-4-12-22-2)15-8-6-11-20-13-15;1-13(21)20-11-5-9-17(22,14-6-4-10-19-12-14)15-7-2-3-8-16(15)18/h5,7,9,15,20-21H,3-4,6,8,10-13H2,1-2H3;2-3,7-8,14,19,22H,4-6,9-12H2,1H3,(H,20,21)/t15-,18+;14-,17+/m11/s1. The van der Waals surface area contributed by atoms with Crippen molar-refractivity contribution in [3.05, 3.63) is 70.8 Å². The number of methoxy groups -OCH3 is 1. The minimum Gasteiger partial charge on any atom is -0.385 e. The molecule has 2 aliphatic rings. The number of halogens is 2. The van der Waals surface area contributed by atoms with Gasteiger partial charge in [0.1, 0.15) is 11.6 Å². The Balaban J connectivity index is 0.000000240. The van der Waals surface area contributed by atoms with Gasteiger partial charge in [-0.05, 0) is 89.4 Å². The normalized spacial score (nSPS) is 21.3. The van der Waals surface area contributed by atoms with E-state index >= 15 is 0 Å². The number of benzene rings is 2. The number of ether oxygens (including phenoxy) is 1. The summed E-state index contributed by atoms with van der Waals surface area (Å²) >= 11 is 0. The lowest BCUT2D eigenvalue weighted by Crippen LogP contribution is -2.45. The first-order valence-corrected chi connectivity index (χ1v) is 16.2. The Hall–Kier alpha value is -2.43. The smallest absolute Gasteiger partial charge is 0.216 e. The molecule has 2 aromatic rings. The van der Waals surface area contributed by atoms with E-state index in [4.69, 9.17) is 4.74 Å². The van der Waals surface area contributed by atoms with Crippen molar-refractivity contribution in [1.82, 2.24) is 16.0 Å². The monoisotopic (exact) mass is 617 g/mol. The van der Waals surface area contributed by atoms with E-state index in [1.807, 2.05) is 6.07 Å². The van der Waals surface area contributed by atoms with Gasteiger partial charge in [-0.1, -0.05) is 36.4 Å². The number of carbonyl (C=O) groups excluding carboxylic acids is 1. The van der Waals surface area contributed by atoms with Crippen molar-refractivity contribution in [2.24, 2.45) is 11.8 Å². The van der Waals surface area contributed by atoms with Gasteiger partial charge in [0.15, 0.2) is 0 Å². The Kier molecular flexibility index (Phi) is 14.7. The van der Waals surface area contributed by atoms with Gasteiger partial charge in [0.2, 0.25) is 5.91 Å². The highest BCUT2D eigenvalue weighted by Crippen LogP contribution is 2.40. The third kappa shape index (κ3) is 9.78. The molecule has 2 heterocycles. The fourth-order valence-corrected chi connectivity index (χ4v) is 6.69. The Bertz CT molecular complexity index is 1160. The van der Waals surface area contributed by atoms with E-state index in [2.05, 4.69) is 16.0 Å². The lowest BCUT2D eigenvalue weighted by atomic mass is 9.74. The third-order valence-corrected chi connectivity index (χ3v) is 9.21. The zero-order valence-electron chi connectivity index (χ0n) is 26.8. The molecule has 5 N–H and O–H groups in total. The molecule has 0 spiro atoms. The topological polar surface area (TPSA) is 103 Å². The summed E-state index contributed by atoms with van der Waals surface area (Å²) in [6.07, 6.45) is 7.13. The number of aryl methyl sites for hydroxylation is 1. The molecule has 0 unspecified atom stereocenters. The van der Waals surface area contributed by atoms with Crippen LogP contribution in [-0.4, -0.2) is 62.6 Å². The molecule has 246 valence electrons. The van der Waals surface area contributed by atoms with Crippen LogP contribution in [0.4, 0.5) is 8.78 Å². The largest absolute Gasteiger partial charge is 0.385 e. The minimum atomic E-state index is -1.20. The summed E-state index contributed by atoms with van der Waals surface area (Å²) < 4.78 is 33.9. The van der Waals surface area contributed by atoms with Crippen LogP contribution >= 0.6 is 0 Å². The number of amides is 1. The second-order valence-electron chi connectivity index (χ2n) is 12.4. The first-order chi connectivity index (χ1) is 21.1. The van der Waals surface area contributed by atoms with E-state index in [-0.39, 0.29) is 29.4 Å². The Morgan fingerprint density at radius 1 is 0.909 bits per heavy atom. The molecular formula is C35H53F2N3O4. The lowest BCUT2D eigenvalue weighted by Gasteiger charge is -2.39. The summed E-state index contributed by atoms with van der Waals surface area (Å²) in [7, 11) is 1.68. The van der Waals surface area contributed by atoms with Gasteiger partial charge in [-0.25, -0.2) is 8.78 Å². The molecule has 4 atom stereocenters. The molecule has 2 aliphatic heterocycles. The second-order valence-corrected chi connectivity index (χ2v) is 12.4. The van der Waals surface area contributed by atoms with Crippen LogP contribution in [0.25, 0.3) is 0 Å². The summed E-state index contributed by atoms with van der Waals surface area (Å²) in [4.78, 5) is 11.0. The number of aliphatic hydroxyl groups is 2. The zero-order chi connectivity index (χ0) is 32.0. The van der Waals surface area contributed by atoms with E-state index in [0.717, 1.165) is 58.2 Å². The first-order valence-electron chi connectivity index (χ1n) is 16.2. The highest BCUT2D eigenvalue weighted by atomic mass is 19.1. The third-order valence-electron chi connectivity index (χ3n) is 9.21. The van der Waals surface area contributed by atoms with E-state index in [9.17, 15) is 23.8 Å². The van der Waals surface area contributed by atoms with Crippen LogP contribution in [0.1, 0.15) is 81.4 Å². The highest BCUT2D eigenvalue weighted by Gasteiger charge is 2.41. The molecule has 0 bridgehead atoms. The van der Waals surface area contributed by atoms with Crippen LogP contribution in [0.2, 0.25) is 0 Å². The Morgan fingerprint density at radius 2 is 1.50 bits per heavy atom. The van der Waals surface area contributed by atoms with Crippen LogP contribution in [0.3, 0.4) is 0 Å². The van der Waals surface area contributed by atoms with Crippen molar-refractivity contribution in [2.45, 2.75) is 82.8 Å². The maximum absolute atomic E-state index is 14.6. The van der Waals surface area contributed by atoms with Crippen molar-refractivity contribution < 1.29 is 28.5 Å². The summed E-state index contributed by atoms with van der Waals surface area (Å²) in [6.45, 7) is 7.74. The van der Waals surface area contributed by atoms with Crippen LogP contribution in [0.15, 0.2) is 42.5 Å². The number of hydrogen-bond acceptors (Lipinski definition) is 6. The van der Waals surface area contributed by atoms with Crippen molar-refractivity contribution in [2.75, 3.05) is 46.4 Å². The van der Waals surface area contributed by atoms with E-state index in [0.29, 0.717) is 55.6 Å². The summed E-state index contributed by atoms with van der Waals surface area (Å²) in [5, 5.41) is 32.0. The predicted molar refractivity (Wildman–Crippen MR) is 170 cm³/mol. The number of carbonyl (C=O) groups is 1. The maximum atomic E-state index is 14.6. The van der Waals surface area contributed by atoms with Crippen LogP contribution < -0.4 is 16.0 Å². The fourth-order valence-electron chi connectivity index (χ4n) is 6.69. The molecule has 1 amide bonds.